The number of hydrogen-bond acceptors (Lipinski definition) is 5. The number of hydrogen-bond donors (Lipinski definition) is 0. The summed E-state index contributed by atoms with van der Waals surface area (Å²) in [5, 5.41) is 0.914. The van der Waals surface area contributed by atoms with Gasteiger partial charge in [0.05, 0.1) is 7.11 Å². The van der Waals surface area contributed by atoms with Gasteiger partial charge < -0.3 is 13.9 Å². The molecule has 5 rings (SSSR count). The summed E-state index contributed by atoms with van der Waals surface area (Å²) in [6.45, 7) is 6.40. The van der Waals surface area contributed by atoms with E-state index in [-0.39, 0.29) is 5.63 Å². The van der Waals surface area contributed by atoms with Gasteiger partial charge in [-0.25, -0.2) is 4.79 Å². The molecule has 1 aliphatic rings. The van der Waals surface area contributed by atoms with Gasteiger partial charge in [-0.3, -0.25) is 4.90 Å². The third-order valence-corrected chi connectivity index (χ3v) is 6.38. The summed E-state index contributed by atoms with van der Waals surface area (Å²) in [5.41, 5.74) is 5.30. The highest BCUT2D eigenvalue weighted by Crippen LogP contribution is 2.38. The molecule has 0 N–H and O–H groups in total. The molecular formula is C28H27NO4. The van der Waals surface area contributed by atoms with E-state index >= 15 is 0 Å². The van der Waals surface area contributed by atoms with E-state index in [4.69, 9.17) is 13.9 Å². The van der Waals surface area contributed by atoms with E-state index in [1.54, 1.807) is 13.2 Å². The fourth-order valence-electron chi connectivity index (χ4n) is 4.67. The standard InChI is InChI=1S/C28H27NO4/c1-18(20-7-5-4-6-8-20)15-29-16-22-13-25-24(21-9-11-23(31-3)12-10-21)14-26(30)33-28(25)19(2)27(22)32-17-29/h4-14,18H,15-17H2,1-3H3/t18-/m0/s1. The van der Waals surface area contributed by atoms with Crippen LogP contribution in [0.5, 0.6) is 11.5 Å². The number of benzene rings is 3. The molecule has 0 amide bonds. The predicted molar refractivity (Wildman–Crippen MR) is 130 cm³/mol. The maximum Gasteiger partial charge on any atom is 0.336 e. The van der Waals surface area contributed by atoms with Crippen LogP contribution in [-0.2, 0) is 6.54 Å². The van der Waals surface area contributed by atoms with E-state index in [1.807, 2.05) is 37.3 Å². The normalized spacial score (nSPS) is 14.5. The lowest BCUT2D eigenvalue weighted by Crippen LogP contribution is -2.35. The topological polar surface area (TPSA) is 51.9 Å². The summed E-state index contributed by atoms with van der Waals surface area (Å²) in [4.78, 5) is 14.7. The zero-order valence-electron chi connectivity index (χ0n) is 19.1. The van der Waals surface area contributed by atoms with Crippen molar-refractivity contribution in [1.82, 2.24) is 4.90 Å². The second-order valence-electron chi connectivity index (χ2n) is 8.67. The van der Waals surface area contributed by atoms with Gasteiger partial charge in [-0.15, -0.1) is 0 Å². The Morgan fingerprint density at radius 3 is 2.55 bits per heavy atom. The molecule has 2 heterocycles. The Balaban J connectivity index is 1.52. The summed E-state index contributed by atoms with van der Waals surface area (Å²) in [6.07, 6.45) is 0. The molecule has 0 radical (unpaired) electrons. The summed E-state index contributed by atoms with van der Waals surface area (Å²) >= 11 is 0. The highest BCUT2D eigenvalue weighted by atomic mass is 16.5. The van der Waals surface area contributed by atoms with Gasteiger partial charge in [-0.2, -0.15) is 0 Å². The first-order valence-corrected chi connectivity index (χ1v) is 11.2. The zero-order chi connectivity index (χ0) is 22.9. The molecule has 0 aliphatic carbocycles. The molecule has 168 valence electrons. The lowest BCUT2D eigenvalue weighted by Gasteiger charge is -2.32. The Hall–Kier alpha value is -3.57. The van der Waals surface area contributed by atoms with Gasteiger partial charge in [0.25, 0.3) is 0 Å². The largest absolute Gasteiger partial charge is 0.497 e. The smallest absolute Gasteiger partial charge is 0.336 e. The molecule has 5 nitrogen and oxygen atoms in total. The number of rotatable bonds is 5. The molecule has 1 aliphatic heterocycles. The maximum absolute atomic E-state index is 12.4. The molecule has 0 saturated heterocycles. The Kier molecular flexibility index (Phi) is 5.65. The van der Waals surface area contributed by atoms with E-state index in [2.05, 4.69) is 42.2 Å². The highest BCUT2D eigenvalue weighted by molar-refractivity contribution is 5.96. The molecule has 33 heavy (non-hydrogen) atoms. The van der Waals surface area contributed by atoms with Gasteiger partial charge in [0, 0.05) is 35.7 Å². The Labute approximate surface area is 193 Å². The van der Waals surface area contributed by atoms with Gasteiger partial charge in [0.2, 0.25) is 0 Å². The third-order valence-electron chi connectivity index (χ3n) is 6.38. The van der Waals surface area contributed by atoms with Crippen LogP contribution >= 0.6 is 0 Å². The molecule has 4 aromatic rings. The minimum Gasteiger partial charge on any atom is -0.497 e. The third kappa shape index (κ3) is 4.12. The summed E-state index contributed by atoms with van der Waals surface area (Å²) in [5.74, 6) is 1.99. The first-order chi connectivity index (χ1) is 16.0. The lowest BCUT2D eigenvalue weighted by molar-refractivity contribution is 0.0900. The number of methoxy groups -OCH3 is 1. The number of aryl methyl sites for hydroxylation is 1. The average Bonchev–Trinajstić information content (AvgIpc) is 2.85. The molecule has 0 saturated carbocycles. The van der Waals surface area contributed by atoms with Crippen molar-refractivity contribution in [3.63, 3.8) is 0 Å². The fourth-order valence-corrected chi connectivity index (χ4v) is 4.67. The van der Waals surface area contributed by atoms with Gasteiger partial charge in [-0.1, -0.05) is 49.4 Å². The van der Waals surface area contributed by atoms with Crippen molar-refractivity contribution in [2.75, 3.05) is 20.4 Å². The number of fused-ring (bicyclic) bond motifs is 2. The number of nitrogens with zero attached hydrogens (tertiary/aromatic N) is 1. The van der Waals surface area contributed by atoms with Crippen LogP contribution in [0, 0.1) is 6.92 Å². The Morgan fingerprint density at radius 2 is 1.82 bits per heavy atom. The predicted octanol–water partition coefficient (Wildman–Crippen LogP) is 5.73. The van der Waals surface area contributed by atoms with Crippen molar-refractivity contribution in [3.05, 3.63) is 93.8 Å². The van der Waals surface area contributed by atoms with E-state index in [1.165, 1.54) is 5.56 Å². The van der Waals surface area contributed by atoms with Crippen molar-refractivity contribution in [3.8, 4) is 22.6 Å². The van der Waals surface area contributed by atoms with Crippen molar-refractivity contribution < 1.29 is 13.9 Å². The molecule has 0 bridgehead atoms. The summed E-state index contributed by atoms with van der Waals surface area (Å²) in [7, 11) is 1.64. The number of ether oxygens (including phenoxy) is 2. The van der Waals surface area contributed by atoms with Crippen LogP contribution < -0.4 is 15.1 Å². The van der Waals surface area contributed by atoms with Crippen LogP contribution in [0.25, 0.3) is 22.1 Å². The maximum atomic E-state index is 12.4. The van der Waals surface area contributed by atoms with E-state index in [0.717, 1.165) is 52.2 Å². The Bertz CT molecular complexity index is 1340. The minimum atomic E-state index is -0.370. The zero-order valence-corrected chi connectivity index (χ0v) is 19.1. The Morgan fingerprint density at radius 1 is 1.06 bits per heavy atom. The molecule has 1 aromatic heterocycles. The monoisotopic (exact) mass is 441 g/mol. The minimum absolute atomic E-state index is 0.370. The second-order valence-corrected chi connectivity index (χ2v) is 8.67. The fraction of sp³-hybridized carbons (Fsp3) is 0.250. The summed E-state index contributed by atoms with van der Waals surface area (Å²) < 4.78 is 17.1. The molecule has 0 unspecified atom stereocenters. The van der Waals surface area contributed by atoms with Crippen LogP contribution in [-0.4, -0.2) is 25.3 Å². The van der Waals surface area contributed by atoms with E-state index in [9.17, 15) is 4.79 Å². The molecule has 0 fully saturated rings. The van der Waals surface area contributed by atoms with Gasteiger partial charge >= 0.3 is 5.63 Å². The lowest BCUT2D eigenvalue weighted by atomic mass is 9.96. The van der Waals surface area contributed by atoms with Crippen LogP contribution in [0.2, 0.25) is 0 Å². The van der Waals surface area contributed by atoms with Crippen molar-refractivity contribution in [2.24, 2.45) is 0 Å². The van der Waals surface area contributed by atoms with Gasteiger partial charge in [0.1, 0.15) is 23.8 Å². The quantitative estimate of drug-likeness (QED) is 0.370. The SMILES string of the molecule is COc1ccc(-c2cc(=O)oc3c(C)c4c(cc23)CN(C[C@H](C)c2ccccc2)CO4)cc1. The molecular weight excluding hydrogens is 414 g/mol. The first-order valence-electron chi connectivity index (χ1n) is 11.2. The molecule has 3 aromatic carbocycles. The molecule has 5 heteroatoms. The van der Waals surface area contributed by atoms with Gasteiger partial charge in [0.15, 0.2) is 0 Å². The average molecular weight is 442 g/mol. The van der Waals surface area contributed by atoms with E-state index in [0.29, 0.717) is 18.2 Å². The van der Waals surface area contributed by atoms with Crippen LogP contribution in [0.4, 0.5) is 0 Å². The first kappa shape index (κ1) is 21.3. The van der Waals surface area contributed by atoms with Crippen LogP contribution in [0.3, 0.4) is 0 Å². The highest BCUT2D eigenvalue weighted by Gasteiger charge is 2.24. The molecule has 0 spiro atoms. The molecule has 1 atom stereocenters. The van der Waals surface area contributed by atoms with E-state index < -0.39 is 0 Å². The van der Waals surface area contributed by atoms with Crippen molar-refractivity contribution >= 4 is 11.0 Å². The van der Waals surface area contributed by atoms with Crippen molar-refractivity contribution in [2.45, 2.75) is 26.3 Å². The van der Waals surface area contributed by atoms with Gasteiger partial charge in [-0.05, 0) is 47.7 Å². The summed E-state index contributed by atoms with van der Waals surface area (Å²) in [6, 6.07) is 22.0. The van der Waals surface area contributed by atoms with Crippen molar-refractivity contribution in [1.29, 1.82) is 0 Å². The van der Waals surface area contributed by atoms with Crippen LogP contribution in [0.1, 0.15) is 29.5 Å². The second kappa shape index (κ2) is 8.75. The van der Waals surface area contributed by atoms with Crippen LogP contribution in [0.15, 0.2) is 75.9 Å².